The molecule has 118 valence electrons. The first-order valence-electron chi connectivity index (χ1n) is 7.69. The maximum Gasteiger partial charge on any atom is 0.119 e. The Hall–Kier alpha value is -0.580. The van der Waals surface area contributed by atoms with Gasteiger partial charge in [-0.25, -0.2) is 0 Å². The predicted molar refractivity (Wildman–Crippen MR) is 87.8 cm³/mol. The van der Waals surface area contributed by atoms with Gasteiger partial charge in [0.25, 0.3) is 0 Å². The molecule has 2 atom stereocenters. The van der Waals surface area contributed by atoms with Gasteiger partial charge < -0.3 is 14.6 Å². The van der Waals surface area contributed by atoms with E-state index in [0.717, 1.165) is 28.6 Å². The molecule has 1 aromatic rings. The molecule has 3 nitrogen and oxygen atoms in total. The monoisotopic (exact) mass is 356 g/mol. The van der Waals surface area contributed by atoms with Crippen LogP contribution in [0.4, 0.5) is 0 Å². The smallest absolute Gasteiger partial charge is 0.119 e. The van der Waals surface area contributed by atoms with E-state index < -0.39 is 6.10 Å². The van der Waals surface area contributed by atoms with Crippen LogP contribution in [0, 0.1) is 5.92 Å². The standard InChI is InChI=1S/C17H25BrO3/c1-20-14-8-9-15(18)13(10-14)11-16(19)17(21-2)12-6-4-3-5-7-12/h8-10,12,16-17,19H,3-7,11H2,1-2H3. The van der Waals surface area contributed by atoms with Crippen LogP contribution >= 0.6 is 15.9 Å². The molecule has 1 aromatic carbocycles. The summed E-state index contributed by atoms with van der Waals surface area (Å²) in [6.07, 6.45) is 6.14. The second kappa shape index (κ2) is 8.16. The number of methoxy groups -OCH3 is 2. The van der Waals surface area contributed by atoms with E-state index in [0.29, 0.717) is 12.3 Å². The molecule has 1 N–H and O–H groups in total. The summed E-state index contributed by atoms with van der Waals surface area (Å²) in [6.45, 7) is 0. The third-order valence-electron chi connectivity index (χ3n) is 4.45. The molecule has 1 aliphatic rings. The van der Waals surface area contributed by atoms with Crippen LogP contribution in [0.25, 0.3) is 0 Å². The van der Waals surface area contributed by atoms with Gasteiger partial charge in [0.1, 0.15) is 5.75 Å². The Labute approximate surface area is 135 Å². The van der Waals surface area contributed by atoms with Crippen molar-refractivity contribution in [3.63, 3.8) is 0 Å². The Balaban J connectivity index is 2.06. The fraction of sp³-hybridized carbons (Fsp3) is 0.647. The van der Waals surface area contributed by atoms with Crippen molar-refractivity contribution in [3.8, 4) is 5.75 Å². The fourth-order valence-electron chi connectivity index (χ4n) is 3.30. The van der Waals surface area contributed by atoms with Crippen molar-refractivity contribution in [1.29, 1.82) is 0 Å². The van der Waals surface area contributed by atoms with Gasteiger partial charge in [-0.3, -0.25) is 0 Å². The van der Waals surface area contributed by atoms with Crippen LogP contribution in [0.1, 0.15) is 37.7 Å². The summed E-state index contributed by atoms with van der Waals surface area (Å²) in [5, 5.41) is 10.6. The topological polar surface area (TPSA) is 38.7 Å². The quantitative estimate of drug-likeness (QED) is 0.838. The summed E-state index contributed by atoms with van der Waals surface area (Å²) in [4.78, 5) is 0. The molecule has 0 saturated heterocycles. The van der Waals surface area contributed by atoms with E-state index in [4.69, 9.17) is 9.47 Å². The highest BCUT2D eigenvalue weighted by Crippen LogP contribution is 2.31. The molecule has 1 saturated carbocycles. The maximum absolute atomic E-state index is 10.6. The normalized spacial score (nSPS) is 19.2. The predicted octanol–water partition coefficient (Wildman–Crippen LogP) is 3.96. The fourth-order valence-corrected chi connectivity index (χ4v) is 3.71. The largest absolute Gasteiger partial charge is 0.497 e. The Bertz CT molecular complexity index is 444. The van der Waals surface area contributed by atoms with Crippen molar-refractivity contribution in [1.82, 2.24) is 0 Å². The molecule has 0 bridgehead atoms. The molecule has 2 rings (SSSR count). The first-order chi connectivity index (χ1) is 10.2. The second-order valence-electron chi connectivity index (χ2n) is 5.83. The molecule has 1 fully saturated rings. The van der Waals surface area contributed by atoms with Gasteiger partial charge in [-0.2, -0.15) is 0 Å². The number of hydrogen-bond acceptors (Lipinski definition) is 3. The molecule has 0 aromatic heterocycles. The van der Waals surface area contributed by atoms with Crippen LogP contribution in [0.15, 0.2) is 22.7 Å². The Morgan fingerprint density at radius 1 is 1.24 bits per heavy atom. The summed E-state index contributed by atoms with van der Waals surface area (Å²) >= 11 is 3.55. The lowest BCUT2D eigenvalue weighted by Crippen LogP contribution is -2.37. The molecule has 0 amide bonds. The first kappa shape index (κ1) is 16.8. The van der Waals surface area contributed by atoms with Gasteiger partial charge in [0.2, 0.25) is 0 Å². The molecule has 2 unspecified atom stereocenters. The summed E-state index contributed by atoms with van der Waals surface area (Å²) in [7, 11) is 3.37. The van der Waals surface area contributed by atoms with E-state index in [2.05, 4.69) is 15.9 Å². The summed E-state index contributed by atoms with van der Waals surface area (Å²) in [5.74, 6) is 1.29. The van der Waals surface area contributed by atoms with Crippen molar-refractivity contribution >= 4 is 15.9 Å². The van der Waals surface area contributed by atoms with Crippen molar-refractivity contribution in [2.24, 2.45) is 5.92 Å². The Morgan fingerprint density at radius 3 is 2.57 bits per heavy atom. The van der Waals surface area contributed by atoms with Crippen LogP contribution in [-0.4, -0.2) is 31.5 Å². The maximum atomic E-state index is 10.6. The third kappa shape index (κ3) is 4.44. The van der Waals surface area contributed by atoms with Crippen molar-refractivity contribution in [2.75, 3.05) is 14.2 Å². The van der Waals surface area contributed by atoms with Crippen LogP contribution in [0.5, 0.6) is 5.75 Å². The zero-order chi connectivity index (χ0) is 15.2. The first-order valence-corrected chi connectivity index (χ1v) is 8.48. The summed E-state index contributed by atoms with van der Waals surface area (Å²) < 4.78 is 11.9. The van der Waals surface area contributed by atoms with Crippen LogP contribution in [0.3, 0.4) is 0 Å². The van der Waals surface area contributed by atoms with Gasteiger partial charge in [0.15, 0.2) is 0 Å². The molecule has 21 heavy (non-hydrogen) atoms. The van der Waals surface area contributed by atoms with E-state index in [1.165, 1.54) is 19.3 Å². The zero-order valence-corrected chi connectivity index (χ0v) is 14.4. The number of rotatable bonds is 6. The van der Waals surface area contributed by atoms with E-state index in [1.807, 2.05) is 18.2 Å². The highest BCUT2D eigenvalue weighted by Gasteiger charge is 2.29. The van der Waals surface area contributed by atoms with E-state index in [-0.39, 0.29) is 6.10 Å². The Kier molecular flexibility index (Phi) is 6.52. The van der Waals surface area contributed by atoms with E-state index >= 15 is 0 Å². The number of ether oxygens (including phenoxy) is 2. The van der Waals surface area contributed by atoms with E-state index in [1.54, 1.807) is 14.2 Å². The zero-order valence-electron chi connectivity index (χ0n) is 12.8. The van der Waals surface area contributed by atoms with Gasteiger partial charge in [-0.15, -0.1) is 0 Å². The van der Waals surface area contributed by atoms with Gasteiger partial charge >= 0.3 is 0 Å². The number of hydrogen-bond donors (Lipinski definition) is 1. The SMILES string of the molecule is COc1ccc(Br)c(CC(O)C(OC)C2CCCCC2)c1. The van der Waals surface area contributed by atoms with Crippen LogP contribution in [-0.2, 0) is 11.2 Å². The van der Waals surface area contributed by atoms with Gasteiger partial charge in [0.05, 0.1) is 19.3 Å². The van der Waals surface area contributed by atoms with Crippen molar-refractivity contribution in [2.45, 2.75) is 50.7 Å². The molecule has 0 radical (unpaired) electrons. The Morgan fingerprint density at radius 2 is 1.95 bits per heavy atom. The summed E-state index contributed by atoms with van der Waals surface area (Å²) in [6, 6.07) is 5.85. The molecule has 4 heteroatoms. The molecule has 0 heterocycles. The molecule has 0 spiro atoms. The lowest BCUT2D eigenvalue weighted by molar-refractivity contribution is -0.0536. The number of benzene rings is 1. The number of aliphatic hydroxyl groups is 1. The minimum absolute atomic E-state index is 0.0802. The lowest BCUT2D eigenvalue weighted by atomic mass is 9.82. The number of aliphatic hydroxyl groups excluding tert-OH is 1. The van der Waals surface area contributed by atoms with E-state index in [9.17, 15) is 5.11 Å². The minimum Gasteiger partial charge on any atom is -0.497 e. The highest BCUT2D eigenvalue weighted by atomic mass is 79.9. The lowest BCUT2D eigenvalue weighted by Gasteiger charge is -2.32. The molecular formula is C17H25BrO3. The summed E-state index contributed by atoms with van der Waals surface area (Å²) in [5.41, 5.74) is 1.06. The average molecular weight is 357 g/mol. The minimum atomic E-state index is -0.485. The van der Waals surface area contributed by atoms with Gasteiger partial charge in [-0.05, 0) is 42.5 Å². The van der Waals surface area contributed by atoms with Crippen molar-refractivity contribution < 1.29 is 14.6 Å². The number of halogens is 1. The van der Waals surface area contributed by atoms with Crippen LogP contribution < -0.4 is 4.74 Å². The molecule has 0 aliphatic heterocycles. The van der Waals surface area contributed by atoms with Gasteiger partial charge in [0, 0.05) is 18.0 Å². The third-order valence-corrected chi connectivity index (χ3v) is 5.22. The van der Waals surface area contributed by atoms with Crippen molar-refractivity contribution in [3.05, 3.63) is 28.2 Å². The highest BCUT2D eigenvalue weighted by molar-refractivity contribution is 9.10. The second-order valence-corrected chi connectivity index (χ2v) is 6.68. The average Bonchev–Trinajstić information content (AvgIpc) is 2.51. The molecular weight excluding hydrogens is 332 g/mol. The van der Waals surface area contributed by atoms with Crippen LogP contribution in [0.2, 0.25) is 0 Å². The molecule has 1 aliphatic carbocycles. The van der Waals surface area contributed by atoms with Gasteiger partial charge in [-0.1, -0.05) is 35.2 Å².